The number of rotatable bonds is 6. The van der Waals surface area contributed by atoms with Crippen molar-refractivity contribution in [2.24, 2.45) is 5.41 Å². The number of halogens is 1. The molecule has 1 fully saturated rings. The molecule has 1 aromatic heterocycles. The van der Waals surface area contributed by atoms with Crippen molar-refractivity contribution in [2.45, 2.75) is 25.7 Å². The average Bonchev–Trinajstić information content (AvgIpc) is 2.85. The number of pyridine rings is 1. The minimum absolute atomic E-state index is 0.0000358. The first-order chi connectivity index (χ1) is 16.0. The van der Waals surface area contributed by atoms with E-state index in [0.717, 1.165) is 16.7 Å². The Labute approximate surface area is 193 Å². The van der Waals surface area contributed by atoms with Gasteiger partial charge in [0.15, 0.2) is 0 Å². The highest BCUT2D eigenvalue weighted by molar-refractivity contribution is 5.84. The van der Waals surface area contributed by atoms with E-state index in [0.29, 0.717) is 44.3 Å². The van der Waals surface area contributed by atoms with Crippen LogP contribution < -0.4 is 5.32 Å². The molecule has 0 atom stereocenters. The van der Waals surface area contributed by atoms with E-state index in [1.807, 2.05) is 47.4 Å². The maximum atomic E-state index is 14.1. The SMILES string of the molecule is CNC(=O)C1(Cc2ccc(-c3ccccc3F)cc2)CCN(C(=O)Cc2cccnc2)CC1. The third kappa shape index (κ3) is 5.11. The average molecular weight is 446 g/mol. The number of nitrogens with zero attached hydrogens (tertiary/aromatic N) is 2. The lowest BCUT2D eigenvalue weighted by atomic mass is 9.72. The Bertz CT molecular complexity index is 1110. The molecule has 2 heterocycles. The molecule has 170 valence electrons. The second kappa shape index (κ2) is 9.94. The van der Waals surface area contributed by atoms with Crippen LogP contribution in [0.1, 0.15) is 24.0 Å². The molecule has 6 heteroatoms. The van der Waals surface area contributed by atoms with Crippen molar-refractivity contribution < 1.29 is 14.0 Å². The van der Waals surface area contributed by atoms with Gasteiger partial charge in [-0.05, 0) is 48.1 Å². The van der Waals surface area contributed by atoms with E-state index in [-0.39, 0.29) is 17.6 Å². The molecule has 2 amide bonds. The standard InChI is InChI=1S/C27H28FN3O2/c1-29-26(33)27(12-15-31(16-13-27)25(32)17-21-5-4-14-30-19-21)18-20-8-10-22(11-9-20)23-6-2-3-7-24(23)28/h2-11,14,19H,12-13,15-18H2,1H3,(H,29,33). The lowest BCUT2D eigenvalue weighted by molar-refractivity contribution is -0.140. The second-order valence-electron chi connectivity index (χ2n) is 8.63. The van der Waals surface area contributed by atoms with Crippen LogP contribution in [0.15, 0.2) is 73.1 Å². The smallest absolute Gasteiger partial charge is 0.227 e. The summed E-state index contributed by atoms with van der Waals surface area (Å²) in [5.74, 6) is -0.196. The van der Waals surface area contributed by atoms with Gasteiger partial charge in [0, 0.05) is 38.1 Å². The molecule has 2 aromatic carbocycles. The number of hydrogen-bond donors (Lipinski definition) is 1. The van der Waals surface area contributed by atoms with Gasteiger partial charge in [-0.25, -0.2) is 4.39 Å². The van der Waals surface area contributed by atoms with Crippen LogP contribution in [0.25, 0.3) is 11.1 Å². The Morgan fingerprint density at radius 1 is 1.00 bits per heavy atom. The predicted octanol–water partition coefficient (Wildman–Crippen LogP) is 4.03. The van der Waals surface area contributed by atoms with Gasteiger partial charge in [-0.3, -0.25) is 14.6 Å². The highest BCUT2D eigenvalue weighted by atomic mass is 19.1. The van der Waals surface area contributed by atoms with Crippen LogP contribution in [-0.4, -0.2) is 41.8 Å². The van der Waals surface area contributed by atoms with E-state index >= 15 is 0 Å². The highest BCUT2D eigenvalue weighted by Gasteiger charge is 2.41. The summed E-state index contributed by atoms with van der Waals surface area (Å²) >= 11 is 0. The molecule has 0 saturated carbocycles. The summed E-state index contributed by atoms with van der Waals surface area (Å²) in [7, 11) is 1.66. The number of nitrogens with one attached hydrogen (secondary N) is 1. The van der Waals surface area contributed by atoms with Gasteiger partial charge in [-0.2, -0.15) is 0 Å². The van der Waals surface area contributed by atoms with Crippen LogP contribution in [0, 0.1) is 11.2 Å². The van der Waals surface area contributed by atoms with Gasteiger partial charge in [0.25, 0.3) is 0 Å². The minimum Gasteiger partial charge on any atom is -0.359 e. The molecule has 0 spiro atoms. The molecule has 1 saturated heterocycles. The summed E-state index contributed by atoms with van der Waals surface area (Å²) in [5.41, 5.74) is 2.71. The lowest BCUT2D eigenvalue weighted by Crippen LogP contribution is -2.50. The minimum atomic E-state index is -0.570. The van der Waals surface area contributed by atoms with E-state index in [9.17, 15) is 14.0 Å². The Morgan fingerprint density at radius 2 is 1.73 bits per heavy atom. The van der Waals surface area contributed by atoms with Crippen LogP contribution in [0.4, 0.5) is 4.39 Å². The Morgan fingerprint density at radius 3 is 2.36 bits per heavy atom. The van der Waals surface area contributed by atoms with Gasteiger partial charge >= 0.3 is 0 Å². The maximum absolute atomic E-state index is 14.1. The molecule has 0 bridgehead atoms. The molecule has 1 aliphatic heterocycles. The quantitative estimate of drug-likeness (QED) is 0.623. The molecule has 5 nitrogen and oxygen atoms in total. The number of benzene rings is 2. The van der Waals surface area contributed by atoms with E-state index in [2.05, 4.69) is 10.3 Å². The fourth-order valence-corrected chi connectivity index (χ4v) is 4.61. The first-order valence-corrected chi connectivity index (χ1v) is 11.2. The lowest BCUT2D eigenvalue weighted by Gasteiger charge is -2.40. The van der Waals surface area contributed by atoms with Crippen molar-refractivity contribution in [3.63, 3.8) is 0 Å². The second-order valence-corrected chi connectivity index (χ2v) is 8.63. The fourth-order valence-electron chi connectivity index (χ4n) is 4.61. The number of piperidine rings is 1. The number of hydrogen-bond acceptors (Lipinski definition) is 3. The number of likely N-dealkylation sites (tertiary alicyclic amines) is 1. The molecule has 0 unspecified atom stereocenters. The maximum Gasteiger partial charge on any atom is 0.227 e. The number of carbonyl (C=O) groups excluding carboxylic acids is 2. The molecular formula is C27H28FN3O2. The summed E-state index contributed by atoms with van der Waals surface area (Å²) in [6.07, 6.45) is 5.49. The summed E-state index contributed by atoms with van der Waals surface area (Å²) in [5, 5.41) is 2.82. The van der Waals surface area contributed by atoms with Crippen LogP contribution in [0.5, 0.6) is 0 Å². The van der Waals surface area contributed by atoms with E-state index < -0.39 is 5.41 Å². The Balaban J connectivity index is 1.45. The van der Waals surface area contributed by atoms with Crippen molar-refractivity contribution in [3.05, 3.63) is 90.0 Å². The van der Waals surface area contributed by atoms with Crippen LogP contribution >= 0.6 is 0 Å². The van der Waals surface area contributed by atoms with Crippen molar-refractivity contribution in [1.29, 1.82) is 0 Å². The Hall–Kier alpha value is -3.54. The summed E-state index contributed by atoms with van der Waals surface area (Å²) in [4.78, 5) is 31.6. The summed E-state index contributed by atoms with van der Waals surface area (Å²) in [6.45, 7) is 1.08. The first kappa shape index (κ1) is 22.6. The van der Waals surface area contributed by atoms with Crippen molar-refractivity contribution in [3.8, 4) is 11.1 Å². The van der Waals surface area contributed by atoms with Crippen molar-refractivity contribution >= 4 is 11.8 Å². The molecule has 0 radical (unpaired) electrons. The third-order valence-electron chi connectivity index (χ3n) is 6.54. The monoisotopic (exact) mass is 445 g/mol. The van der Waals surface area contributed by atoms with Crippen molar-refractivity contribution in [2.75, 3.05) is 20.1 Å². The van der Waals surface area contributed by atoms with Gasteiger partial charge < -0.3 is 10.2 Å². The molecule has 1 N–H and O–H groups in total. The first-order valence-electron chi connectivity index (χ1n) is 11.2. The van der Waals surface area contributed by atoms with E-state index in [4.69, 9.17) is 0 Å². The largest absolute Gasteiger partial charge is 0.359 e. The number of carbonyl (C=O) groups is 2. The normalized spacial score (nSPS) is 15.2. The molecule has 1 aliphatic rings. The van der Waals surface area contributed by atoms with Crippen molar-refractivity contribution in [1.82, 2.24) is 15.2 Å². The molecule has 0 aliphatic carbocycles. The van der Waals surface area contributed by atoms with Crippen LogP contribution in [0.2, 0.25) is 0 Å². The molecule has 4 rings (SSSR count). The van der Waals surface area contributed by atoms with Gasteiger partial charge in [0.1, 0.15) is 5.82 Å². The van der Waals surface area contributed by atoms with Crippen LogP contribution in [0.3, 0.4) is 0 Å². The van der Waals surface area contributed by atoms with Gasteiger partial charge in [0.05, 0.1) is 11.8 Å². The Kier molecular flexibility index (Phi) is 6.82. The number of aromatic nitrogens is 1. The number of amides is 2. The zero-order chi connectivity index (χ0) is 23.3. The van der Waals surface area contributed by atoms with Gasteiger partial charge in [-0.1, -0.05) is 48.5 Å². The molecule has 33 heavy (non-hydrogen) atoms. The zero-order valence-electron chi connectivity index (χ0n) is 18.8. The topological polar surface area (TPSA) is 62.3 Å². The summed E-state index contributed by atoms with van der Waals surface area (Å²) in [6, 6.07) is 18.2. The van der Waals surface area contributed by atoms with Crippen LogP contribution in [-0.2, 0) is 22.4 Å². The highest BCUT2D eigenvalue weighted by Crippen LogP contribution is 2.36. The molecule has 3 aromatic rings. The fraction of sp³-hybridized carbons (Fsp3) is 0.296. The van der Waals surface area contributed by atoms with Gasteiger partial charge in [0.2, 0.25) is 11.8 Å². The van der Waals surface area contributed by atoms with Gasteiger partial charge in [-0.15, -0.1) is 0 Å². The van der Waals surface area contributed by atoms with E-state index in [1.54, 1.807) is 31.6 Å². The molecular weight excluding hydrogens is 417 g/mol. The summed E-state index contributed by atoms with van der Waals surface area (Å²) < 4.78 is 14.1. The third-order valence-corrected chi connectivity index (χ3v) is 6.54. The zero-order valence-corrected chi connectivity index (χ0v) is 18.8. The predicted molar refractivity (Wildman–Crippen MR) is 126 cm³/mol. The van der Waals surface area contributed by atoms with E-state index in [1.165, 1.54) is 6.07 Å².